The van der Waals surface area contributed by atoms with Gasteiger partial charge >= 0.3 is 5.97 Å². The number of hydrogen-bond donors (Lipinski definition) is 3. The minimum absolute atomic E-state index is 0.0180. The normalized spacial score (nSPS) is 12.7. The lowest BCUT2D eigenvalue weighted by Crippen LogP contribution is -2.45. The molecule has 0 heterocycles. The van der Waals surface area contributed by atoms with Crippen molar-refractivity contribution < 1.29 is 24.5 Å². The van der Waals surface area contributed by atoms with E-state index in [4.69, 9.17) is 4.74 Å². The summed E-state index contributed by atoms with van der Waals surface area (Å²) < 4.78 is 5.46. The molecule has 0 rings (SSSR count). The number of nitrogens with one attached hydrogen (secondary N) is 1. The Balaban J connectivity index is 3.50. The number of aliphatic hydroxyl groups excluding tert-OH is 2. The van der Waals surface area contributed by atoms with Crippen molar-refractivity contribution in [1.82, 2.24) is 5.32 Å². The number of esters is 1. The van der Waals surface area contributed by atoms with Crippen molar-refractivity contribution in [2.75, 3.05) is 13.2 Å². The number of aliphatic hydroxyl groups is 2. The van der Waals surface area contributed by atoms with Crippen LogP contribution in [0.3, 0.4) is 0 Å². The van der Waals surface area contributed by atoms with Gasteiger partial charge in [0, 0.05) is 12.8 Å². The van der Waals surface area contributed by atoms with Crippen LogP contribution in [-0.4, -0.2) is 47.4 Å². The average Bonchev–Trinajstić information content (AvgIpc) is 3.25. The van der Waals surface area contributed by atoms with Gasteiger partial charge in [0.05, 0.1) is 25.4 Å². The van der Waals surface area contributed by atoms with Crippen LogP contribution in [-0.2, 0) is 14.3 Å². The number of amides is 1. The van der Waals surface area contributed by atoms with Crippen LogP contribution in [0, 0.1) is 0 Å². The second-order valence-corrected chi connectivity index (χ2v) is 18.6. The third-order valence-electron chi connectivity index (χ3n) is 12.6. The molecule has 0 aliphatic carbocycles. The van der Waals surface area contributed by atoms with Crippen LogP contribution in [0.1, 0.15) is 296 Å². The van der Waals surface area contributed by atoms with Gasteiger partial charge in [-0.05, 0) is 32.1 Å². The Morgan fingerprint density at radius 2 is 0.767 bits per heavy atom. The minimum Gasteiger partial charge on any atom is -0.466 e. The molecule has 2 atom stereocenters. The van der Waals surface area contributed by atoms with Crippen LogP contribution in [0.15, 0.2) is 12.2 Å². The molecule has 2 unspecified atom stereocenters. The molecule has 6 heteroatoms. The maximum absolute atomic E-state index is 12.4. The molecular weight excluding hydrogens is 743 g/mol. The smallest absolute Gasteiger partial charge is 0.305 e. The number of ether oxygens (including phenoxy) is 1. The Morgan fingerprint density at radius 3 is 1.13 bits per heavy atom. The number of hydrogen-bond acceptors (Lipinski definition) is 5. The molecule has 0 radical (unpaired) electrons. The quantitative estimate of drug-likeness (QED) is 0.0322. The maximum atomic E-state index is 12.4. The van der Waals surface area contributed by atoms with Gasteiger partial charge in [0.15, 0.2) is 0 Å². The van der Waals surface area contributed by atoms with Crippen molar-refractivity contribution >= 4 is 11.9 Å². The standard InChI is InChI=1S/C54H105NO5/c1-3-5-7-9-11-13-15-17-19-20-21-22-23-24-26-30-34-38-42-46-52(57)51(50-56)55-53(58)47-43-39-35-31-28-29-33-37-41-45-49-60-54(59)48-44-40-36-32-27-25-18-16-14-12-10-8-6-4-2/h42,46,51-52,56-57H,3-41,43-45,47-50H2,1-2H3,(H,55,58)/b46-42+. The van der Waals surface area contributed by atoms with Crippen molar-refractivity contribution in [3.05, 3.63) is 12.2 Å². The largest absolute Gasteiger partial charge is 0.466 e. The van der Waals surface area contributed by atoms with Crippen molar-refractivity contribution in [3.63, 3.8) is 0 Å². The van der Waals surface area contributed by atoms with E-state index in [1.807, 2.05) is 6.08 Å². The SMILES string of the molecule is CCCCCCCCCCCCCCCCCCC/C=C/C(O)C(CO)NC(=O)CCCCCCCCCCCCOC(=O)CCCCCCCCCCCCCCCC. The first-order chi connectivity index (χ1) is 29.5. The molecule has 356 valence electrons. The van der Waals surface area contributed by atoms with Gasteiger partial charge < -0.3 is 20.3 Å². The van der Waals surface area contributed by atoms with Gasteiger partial charge in [0.25, 0.3) is 0 Å². The summed E-state index contributed by atoms with van der Waals surface area (Å²) >= 11 is 0. The van der Waals surface area contributed by atoms with Crippen LogP contribution < -0.4 is 5.32 Å². The molecule has 0 bridgehead atoms. The van der Waals surface area contributed by atoms with E-state index in [0.717, 1.165) is 57.8 Å². The molecular formula is C54H105NO5. The fourth-order valence-electron chi connectivity index (χ4n) is 8.40. The minimum atomic E-state index is -0.858. The predicted octanol–water partition coefficient (Wildman–Crippen LogP) is 16.1. The number of allylic oxidation sites excluding steroid dienone is 1. The molecule has 0 aromatic rings. The zero-order valence-corrected chi connectivity index (χ0v) is 40.5. The summed E-state index contributed by atoms with van der Waals surface area (Å²) in [6.45, 7) is 4.87. The topological polar surface area (TPSA) is 95.9 Å². The van der Waals surface area contributed by atoms with E-state index in [-0.39, 0.29) is 18.5 Å². The number of unbranched alkanes of at least 4 members (excludes halogenated alkanes) is 39. The molecule has 0 aromatic heterocycles. The average molecular weight is 848 g/mol. The van der Waals surface area contributed by atoms with E-state index in [2.05, 4.69) is 19.2 Å². The van der Waals surface area contributed by atoms with Crippen molar-refractivity contribution in [1.29, 1.82) is 0 Å². The molecule has 0 aliphatic heterocycles. The zero-order valence-electron chi connectivity index (χ0n) is 40.5. The molecule has 3 N–H and O–H groups in total. The molecule has 60 heavy (non-hydrogen) atoms. The summed E-state index contributed by atoms with van der Waals surface area (Å²) in [5.74, 6) is -0.106. The van der Waals surface area contributed by atoms with E-state index in [1.165, 1.54) is 212 Å². The van der Waals surface area contributed by atoms with Crippen molar-refractivity contribution in [3.8, 4) is 0 Å². The molecule has 0 aliphatic rings. The lowest BCUT2D eigenvalue weighted by molar-refractivity contribution is -0.143. The van der Waals surface area contributed by atoms with Crippen LogP contribution in [0.4, 0.5) is 0 Å². The second-order valence-electron chi connectivity index (χ2n) is 18.6. The highest BCUT2D eigenvalue weighted by Crippen LogP contribution is 2.17. The maximum Gasteiger partial charge on any atom is 0.305 e. The summed E-state index contributed by atoms with van der Waals surface area (Å²) in [6, 6.07) is -0.643. The van der Waals surface area contributed by atoms with Crippen molar-refractivity contribution in [2.45, 2.75) is 309 Å². The van der Waals surface area contributed by atoms with Crippen LogP contribution in [0.5, 0.6) is 0 Å². The highest BCUT2D eigenvalue weighted by molar-refractivity contribution is 5.76. The first-order valence-electron chi connectivity index (χ1n) is 27.0. The van der Waals surface area contributed by atoms with E-state index < -0.39 is 12.1 Å². The summed E-state index contributed by atoms with van der Waals surface area (Å²) in [4.78, 5) is 24.5. The van der Waals surface area contributed by atoms with Crippen molar-refractivity contribution in [2.24, 2.45) is 0 Å². The number of rotatable bonds is 50. The van der Waals surface area contributed by atoms with Gasteiger partial charge in [-0.2, -0.15) is 0 Å². The molecule has 0 saturated carbocycles. The fourth-order valence-corrected chi connectivity index (χ4v) is 8.40. The van der Waals surface area contributed by atoms with Gasteiger partial charge in [-0.25, -0.2) is 0 Å². The lowest BCUT2D eigenvalue weighted by Gasteiger charge is -2.20. The summed E-state index contributed by atoms with van der Waals surface area (Å²) in [5, 5.41) is 23.1. The third kappa shape index (κ3) is 46.1. The van der Waals surface area contributed by atoms with E-state index in [1.54, 1.807) is 6.08 Å². The molecule has 1 amide bonds. The Morgan fingerprint density at radius 1 is 0.450 bits per heavy atom. The number of carbonyl (C=O) groups is 2. The van der Waals surface area contributed by atoms with Crippen LogP contribution in [0.25, 0.3) is 0 Å². The van der Waals surface area contributed by atoms with Crippen LogP contribution in [0.2, 0.25) is 0 Å². The Labute approximate surface area is 374 Å². The summed E-state index contributed by atoms with van der Waals surface area (Å²) in [5.41, 5.74) is 0. The summed E-state index contributed by atoms with van der Waals surface area (Å²) in [7, 11) is 0. The second kappa shape index (κ2) is 50.2. The highest BCUT2D eigenvalue weighted by atomic mass is 16.5. The molecule has 0 saturated heterocycles. The predicted molar refractivity (Wildman–Crippen MR) is 260 cm³/mol. The van der Waals surface area contributed by atoms with Crippen LogP contribution >= 0.6 is 0 Å². The Bertz CT molecular complexity index is 893. The fraction of sp³-hybridized carbons (Fsp3) is 0.926. The first-order valence-corrected chi connectivity index (χ1v) is 27.0. The van der Waals surface area contributed by atoms with Gasteiger partial charge in [-0.1, -0.05) is 264 Å². The lowest BCUT2D eigenvalue weighted by atomic mass is 10.0. The van der Waals surface area contributed by atoms with Gasteiger partial charge in [0.1, 0.15) is 0 Å². The molecule has 0 aromatic carbocycles. The monoisotopic (exact) mass is 848 g/mol. The Hall–Kier alpha value is -1.40. The highest BCUT2D eigenvalue weighted by Gasteiger charge is 2.18. The molecule has 0 spiro atoms. The summed E-state index contributed by atoms with van der Waals surface area (Å²) in [6.07, 6.45) is 57.8. The number of carbonyl (C=O) groups excluding carboxylic acids is 2. The first kappa shape index (κ1) is 58.6. The van der Waals surface area contributed by atoms with Gasteiger partial charge in [-0.3, -0.25) is 9.59 Å². The molecule has 0 fully saturated rings. The third-order valence-corrected chi connectivity index (χ3v) is 12.6. The van der Waals surface area contributed by atoms with E-state index in [0.29, 0.717) is 19.4 Å². The van der Waals surface area contributed by atoms with E-state index in [9.17, 15) is 19.8 Å². The van der Waals surface area contributed by atoms with Gasteiger partial charge in [0.2, 0.25) is 5.91 Å². The van der Waals surface area contributed by atoms with E-state index >= 15 is 0 Å². The molecule has 6 nitrogen and oxygen atoms in total. The Kier molecular flexibility index (Phi) is 49.1. The van der Waals surface area contributed by atoms with Gasteiger partial charge in [-0.15, -0.1) is 0 Å². The zero-order chi connectivity index (χ0) is 43.7.